The first-order chi connectivity index (χ1) is 9.60. The molecule has 2 unspecified atom stereocenters. The molecule has 0 spiro atoms. The Morgan fingerprint density at radius 1 is 1.45 bits per heavy atom. The van der Waals surface area contributed by atoms with Crippen LogP contribution < -0.4 is 11.1 Å². The summed E-state index contributed by atoms with van der Waals surface area (Å²) in [5.41, 5.74) is 7.54. The summed E-state index contributed by atoms with van der Waals surface area (Å²) in [6, 6.07) is 5.58. The molecule has 2 rings (SSSR count). The van der Waals surface area contributed by atoms with Crippen molar-refractivity contribution < 1.29 is 4.79 Å². The lowest BCUT2D eigenvalue weighted by atomic mass is 9.91. The summed E-state index contributed by atoms with van der Waals surface area (Å²) < 4.78 is 0. The van der Waals surface area contributed by atoms with Gasteiger partial charge in [-0.05, 0) is 43.9 Å². The average molecular weight is 292 g/mol. The third kappa shape index (κ3) is 3.92. The summed E-state index contributed by atoms with van der Waals surface area (Å²) in [5.74, 6) is 0.778. The van der Waals surface area contributed by atoms with Crippen LogP contribution in [0.25, 0.3) is 0 Å². The molecule has 0 aliphatic heterocycles. The van der Waals surface area contributed by atoms with Crippen LogP contribution in [0.2, 0.25) is 0 Å². The first kappa shape index (κ1) is 15.2. The molecule has 0 radical (unpaired) electrons. The van der Waals surface area contributed by atoms with Gasteiger partial charge in [0.1, 0.15) is 0 Å². The zero-order valence-electron chi connectivity index (χ0n) is 12.3. The number of carbonyl (C=O) groups excluding carboxylic acids is 1. The maximum atomic E-state index is 11.9. The van der Waals surface area contributed by atoms with E-state index in [4.69, 9.17) is 5.73 Å². The number of nitrogens with two attached hydrogens (primary N) is 1. The van der Waals surface area contributed by atoms with Gasteiger partial charge < -0.3 is 11.1 Å². The number of thioether (sulfide) groups is 1. The molecule has 1 amide bonds. The van der Waals surface area contributed by atoms with Gasteiger partial charge in [-0.25, -0.2) is 0 Å². The number of amides is 1. The number of hydrogen-bond acceptors (Lipinski definition) is 3. The predicted molar refractivity (Wildman–Crippen MR) is 86.1 cm³/mol. The summed E-state index contributed by atoms with van der Waals surface area (Å²) in [5, 5.41) is 3.46. The summed E-state index contributed by atoms with van der Waals surface area (Å²) in [4.78, 5) is 12.9. The van der Waals surface area contributed by atoms with E-state index in [2.05, 4.69) is 12.2 Å². The number of nitrogen functional groups attached to an aromatic ring is 1. The fourth-order valence-electron chi connectivity index (χ4n) is 2.71. The fraction of sp³-hybridized carbons (Fsp3) is 0.562. The topological polar surface area (TPSA) is 55.1 Å². The highest BCUT2D eigenvalue weighted by atomic mass is 32.2. The van der Waals surface area contributed by atoms with E-state index in [9.17, 15) is 4.79 Å². The van der Waals surface area contributed by atoms with Crippen molar-refractivity contribution in [3.63, 3.8) is 0 Å². The first-order valence-electron chi connectivity index (χ1n) is 7.44. The normalized spacial score (nSPS) is 22.5. The molecular weight excluding hydrogens is 268 g/mol. The molecular formula is C16H24N2OS. The Morgan fingerprint density at radius 3 is 2.95 bits per heavy atom. The highest BCUT2D eigenvalue weighted by molar-refractivity contribution is 8.00. The van der Waals surface area contributed by atoms with Gasteiger partial charge in [0.15, 0.2) is 0 Å². The van der Waals surface area contributed by atoms with Crippen LogP contribution in [0.15, 0.2) is 23.1 Å². The second-order valence-corrected chi connectivity index (χ2v) is 6.97. The van der Waals surface area contributed by atoms with E-state index in [0.29, 0.717) is 17.4 Å². The van der Waals surface area contributed by atoms with Crippen molar-refractivity contribution in [1.82, 2.24) is 5.32 Å². The van der Waals surface area contributed by atoms with Gasteiger partial charge in [0, 0.05) is 27.9 Å². The van der Waals surface area contributed by atoms with Crippen LogP contribution in [0.4, 0.5) is 5.69 Å². The summed E-state index contributed by atoms with van der Waals surface area (Å²) in [7, 11) is 0. The predicted octanol–water partition coefficient (Wildman–Crippen LogP) is 3.69. The van der Waals surface area contributed by atoms with Crippen molar-refractivity contribution >= 4 is 23.4 Å². The second kappa shape index (κ2) is 7.02. The summed E-state index contributed by atoms with van der Waals surface area (Å²) >= 11 is 1.84. The number of nitrogens with one attached hydrogen (secondary N) is 1. The zero-order chi connectivity index (χ0) is 14.5. The van der Waals surface area contributed by atoms with E-state index in [0.717, 1.165) is 16.5 Å². The van der Waals surface area contributed by atoms with Crippen LogP contribution in [0.1, 0.15) is 49.9 Å². The second-order valence-electron chi connectivity index (χ2n) is 5.62. The standard InChI is InChI=1S/C16H24N2OS/c1-3-18-16(19)12-7-8-14(17)15(10-12)20-13-6-4-5-11(2)9-13/h7-8,10-11,13H,3-6,9,17H2,1-2H3,(H,18,19). The molecule has 1 saturated carbocycles. The number of anilines is 1. The Bertz CT molecular complexity index is 476. The maximum absolute atomic E-state index is 11.9. The number of carbonyl (C=O) groups is 1. The molecule has 1 aliphatic carbocycles. The van der Waals surface area contributed by atoms with Crippen LogP contribution in [0.3, 0.4) is 0 Å². The van der Waals surface area contributed by atoms with Gasteiger partial charge >= 0.3 is 0 Å². The van der Waals surface area contributed by atoms with Crippen molar-refractivity contribution in [2.24, 2.45) is 5.92 Å². The number of rotatable bonds is 4. The first-order valence-corrected chi connectivity index (χ1v) is 8.32. The molecule has 0 bridgehead atoms. The zero-order valence-corrected chi connectivity index (χ0v) is 13.1. The third-order valence-corrected chi connectivity index (χ3v) is 5.16. The van der Waals surface area contributed by atoms with E-state index in [1.54, 1.807) is 6.07 Å². The van der Waals surface area contributed by atoms with Crippen molar-refractivity contribution in [2.75, 3.05) is 12.3 Å². The molecule has 20 heavy (non-hydrogen) atoms. The Morgan fingerprint density at radius 2 is 2.25 bits per heavy atom. The molecule has 3 N–H and O–H groups in total. The molecule has 0 heterocycles. The van der Waals surface area contributed by atoms with Crippen LogP contribution in [-0.4, -0.2) is 17.7 Å². The van der Waals surface area contributed by atoms with Crippen molar-refractivity contribution in [3.8, 4) is 0 Å². The Hall–Kier alpha value is -1.16. The molecule has 110 valence electrons. The molecule has 1 aromatic rings. The summed E-state index contributed by atoms with van der Waals surface area (Å²) in [6.45, 7) is 4.89. The molecule has 2 atom stereocenters. The largest absolute Gasteiger partial charge is 0.398 e. The molecule has 0 saturated heterocycles. The number of hydrogen-bond donors (Lipinski definition) is 2. The highest BCUT2D eigenvalue weighted by Crippen LogP contribution is 2.38. The minimum atomic E-state index is -0.0219. The molecule has 1 fully saturated rings. The van der Waals surface area contributed by atoms with Crippen molar-refractivity contribution in [1.29, 1.82) is 0 Å². The smallest absolute Gasteiger partial charge is 0.251 e. The SMILES string of the molecule is CCNC(=O)c1ccc(N)c(SC2CCCC(C)C2)c1. The fourth-order valence-corrected chi connectivity index (χ4v) is 4.17. The Balaban J connectivity index is 2.10. The lowest BCUT2D eigenvalue weighted by Crippen LogP contribution is -2.22. The third-order valence-electron chi connectivity index (χ3n) is 3.80. The highest BCUT2D eigenvalue weighted by Gasteiger charge is 2.21. The monoisotopic (exact) mass is 292 g/mol. The lowest BCUT2D eigenvalue weighted by molar-refractivity contribution is 0.0955. The van der Waals surface area contributed by atoms with E-state index in [-0.39, 0.29) is 5.91 Å². The number of benzene rings is 1. The van der Waals surface area contributed by atoms with E-state index in [1.165, 1.54) is 25.7 Å². The molecule has 4 heteroatoms. The van der Waals surface area contributed by atoms with Gasteiger partial charge in [-0.2, -0.15) is 0 Å². The Labute approximate surface area is 125 Å². The van der Waals surface area contributed by atoms with E-state index in [1.807, 2.05) is 30.8 Å². The molecule has 0 aromatic heterocycles. The van der Waals surface area contributed by atoms with Gasteiger partial charge in [-0.3, -0.25) is 4.79 Å². The van der Waals surface area contributed by atoms with Gasteiger partial charge in [-0.15, -0.1) is 11.8 Å². The molecule has 1 aliphatic rings. The quantitative estimate of drug-likeness (QED) is 0.832. The van der Waals surface area contributed by atoms with Gasteiger partial charge in [0.2, 0.25) is 0 Å². The van der Waals surface area contributed by atoms with Crippen molar-refractivity contribution in [2.45, 2.75) is 49.7 Å². The lowest BCUT2D eigenvalue weighted by Gasteiger charge is -2.26. The molecule has 3 nitrogen and oxygen atoms in total. The average Bonchev–Trinajstić information content (AvgIpc) is 2.41. The van der Waals surface area contributed by atoms with Gasteiger partial charge in [0.25, 0.3) is 5.91 Å². The van der Waals surface area contributed by atoms with Crippen LogP contribution in [0, 0.1) is 5.92 Å². The van der Waals surface area contributed by atoms with Gasteiger partial charge in [-0.1, -0.05) is 19.8 Å². The maximum Gasteiger partial charge on any atom is 0.251 e. The van der Waals surface area contributed by atoms with Crippen LogP contribution in [0.5, 0.6) is 0 Å². The minimum absolute atomic E-state index is 0.0219. The Kier molecular flexibility index (Phi) is 5.35. The minimum Gasteiger partial charge on any atom is -0.398 e. The van der Waals surface area contributed by atoms with Crippen LogP contribution in [-0.2, 0) is 0 Å². The molecule has 1 aromatic carbocycles. The van der Waals surface area contributed by atoms with E-state index < -0.39 is 0 Å². The van der Waals surface area contributed by atoms with Crippen molar-refractivity contribution in [3.05, 3.63) is 23.8 Å². The summed E-state index contributed by atoms with van der Waals surface area (Å²) in [6.07, 6.45) is 5.13. The van der Waals surface area contributed by atoms with E-state index >= 15 is 0 Å². The van der Waals surface area contributed by atoms with Crippen LogP contribution >= 0.6 is 11.8 Å². The van der Waals surface area contributed by atoms with Gasteiger partial charge in [0.05, 0.1) is 0 Å².